The third-order valence-corrected chi connectivity index (χ3v) is 5.37. The van der Waals surface area contributed by atoms with Crippen LogP contribution in [0.25, 0.3) is 11.2 Å². The molecule has 3 aromatic rings. The molecule has 1 aliphatic rings. The Kier molecular flexibility index (Phi) is 6.07. The van der Waals surface area contributed by atoms with Crippen molar-refractivity contribution in [2.45, 2.75) is 32.5 Å². The van der Waals surface area contributed by atoms with Crippen molar-refractivity contribution in [2.24, 2.45) is 5.92 Å². The van der Waals surface area contributed by atoms with E-state index in [1.54, 1.807) is 6.20 Å². The van der Waals surface area contributed by atoms with E-state index in [0.717, 1.165) is 11.1 Å². The first-order chi connectivity index (χ1) is 15.2. The average Bonchev–Trinajstić information content (AvgIpc) is 3.38. The molecule has 4 rings (SSSR count). The third kappa shape index (κ3) is 4.70. The van der Waals surface area contributed by atoms with E-state index in [2.05, 4.69) is 25.0 Å². The van der Waals surface area contributed by atoms with E-state index in [0.29, 0.717) is 48.8 Å². The number of anilines is 2. The summed E-state index contributed by atoms with van der Waals surface area (Å²) in [6.45, 7) is 3.97. The lowest BCUT2D eigenvalue weighted by Crippen LogP contribution is -2.32. The van der Waals surface area contributed by atoms with Crippen LogP contribution in [0.4, 0.5) is 33.5 Å². The molecule has 32 heavy (non-hydrogen) atoms. The summed E-state index contributed by atoms with van der Waals surface area (Å²) in [6, 6.07) is 0. The first-order valence-corrected chi connectivity index (χ1v) is 10.1. The Hall–Kier alpha value is -3.12. The molecule has 0 bridgehead atoms. The lowest BCUT2D eigenvalue weighted by atomic mass is 10.1. The van der Waals surface area contributed by atoms with Gasteiger partial charge in [-0.25, -0.2) is 33.4 Å². The van der Waals surface area contributed by atoms with Crippen LogP contribution in [0.1, 0.15) is 19.2 Å². The van der Waals surface area contributed by atoms with E-state index in [-0.39, 0.29) is 5.92 Å². The second-order valence-corrected chi connectivity index (χ2v) is 7.56. The van der Waals surface area contributed by atoms with Gasteiger partial charge < -0.3 is 9.80 Å². The van der Waals surface area contributed by atoms with Gasteiger partial charge in [0.05, 0.1) is 30.5 Å². The van der Waals surface area contributed by atoms with Gasteiger partial charge in [0.2, 0.25) is 5.82 Å². The van der Waals surface area contributed by atoms with Gasteiger partial charge in [-0.05, 0) is 19.3 Å². The van der Waals surface area contributed by atoms with Crippen molar-refractivity contribution in [2.75, 3.05) is 36.0 Å². The fraction of sp³-hybridized carbons (Fsp3) is 0.526. The van der Waals surface area contributed by atoms with E-state index in [9.17, 15) is 22.0 Å². The molecule has 1 aliphatic heterocycles. The van der Waals surface area contributed by atoms with E-state index < -0.39 is 25.0 Å². The lowest BCUT2D eigenvalue weighted by Gasteiger charge is -2.25. The zero-order valence-electron chi connectivity index (χ0n) is 17.2. The molecule has 0 aromatic carbocycles. The van der Waals surface area contributed by atoms with E-state index in [1.165, 1.54) is 18.6 Å². The molecule has 8 nitrogen and oxygen atoms in total. The van der Waals surface area contributed by atoms with Gasteiger partial charge in [-0.1, -0.05) is 0 Å². The fourth-order valence-corrected chi connectivity index (χ4v) is 3.80. The zero-order valence-corrected chi connectivity index (χ0v) is 17.2. The van der Waals surface area contributed by atoms with Crippen molar-refractivity contribution >= 4 is 22.7 Å². The van der Waals surface area contributed by atoms with Crippen LogP contribution in [0, 0.1) is 5.92 Å². The summed E-state index contributed by atoms with van der Waals surface area (Å²) in [4.78, 5) is 19.6. The quantitative estimate of drug-likeness (QED) is 0.505. The Labute approximate surface area is 180 Å². The minimum absolute atomic E-state index is 0.223. The Morgan fingerprint density at radius 3 is 2.53 bits per heavy atom. The van der Waals surface area contributed by atoms with Crippen LogP contribution in [-0.2, 0) is 12.7 Å². The van der Waals surface area contributed by atoms with Crippen LogP contribution in [0.5, 0.6) is 0 Å². The molecule has 0 spiro atoms. The fourth-order valence-electron chi connectivity index (χ4n) is 3.80. The topological polar surface area (TPSA) is 75.9 Å². The Morgan fingerprint density at radius 2 is 1.88 bits per heavy atom. The zero-order chi connectivity index (χ0) is 22.9. The van der Waals surface area contributed by atoms with Gasteiger partial charge in [-0.3, -0.25) is 0 Å². The Morgan fingerprint density at radius 1 is 1.12 bits per heavy atom. The normalized spacial score (nSPS) is 17.0. The largest absolute Gasteiger partial charge is 0.451 e. The molecule has 1 saturated heterocycles. The first-order valence-electron chi connectivity index (χ1n) is 10.1. The number of nitrogens with zero attached hydrogens (tertiary/aromatic N) is 8. The van der Waals surface area contributed by atoms with Crippen LogP contribution >= 0.6 is 0 Å². The molecular weight excluding hydrogens is 435 g/mol. The summed E-state index contributed by atoms with van der Waals surface area (Å²) >= 11 is 0. The molecule has 0 N–H and O–H groups in total. The van der Waals surface area contributed by atoms with Gasteiger partial charge in [0.1, 0.15) is 17.9 Å². The van der Waals surface area contributed by atoms with Crippen molar-refractivity contribution in [3.05, 3.63) is 30.6 Å². The summed E-state index contributed by atoms with van der Waals surface area (Å²) in [7, 11) is 0. The number of hydrogen-bond acceptors (Lipinski definition) is 7. The highest BCUT2D eigenvalue weighted by molar-refractivity contribution is 5.71. The van der Waals surface area contributed by atoms with Gasteiger partial charge in [0.25, 0.3) is 6.43 Å². The third-order valence-electron chi connectivity index (χ3n) is 5.37. The van der Waals surface area contributed by atoms with E-state index >= 15 is 0 Å². The Balaban J connectivity index is 1.44. The lowest BCUT2D eigenvalue weighted by molar-refractivity contribution is -0.144. The SMILES string of the molecule is CCN(CC1CCN(c2cnc(C(F)(F)F)nc2)C1)c1cnc2cnn(CC(F)F)c2n1. The monoisotopic (exact) mass is 456 g/mol. The molecule has 0 amide bonds. The van der Waals surface area contributed by atoms with Crippen molar-refractivity contribution < 1.29 is 22.0 Å². The predicted octanol–water partition coefficient (Wildman–Crippen LogP) is 3.25. The Bertz CT molecular complexity index is 1050. The molecule has 0 saturated carbocycles. The van der Waals surface area contributed by atoms with E-state index in [1.807, 2.05) is 16.7 Å². The van der Waals surface area contributed by atoms with Crippen LogP contribution in [-0.4, -0.2) is 62.3 Å². The number of aromatic nitrogens is 6. The number of hydrogen-bond donors (Lipinski definition) is 0. The summed E-state index contributed by atoms with van der Waals surface area (Å²) < 4.78 is 64.7. The molecule has 1 fully saturated rings. The molecule has 172 valence electrons. The summed E-state index contributed by atoms with van der Waals surface area (Å²) in [6.07, 6.45) is -0.900. The maximum atomic E-state index is 12.8. The standard InChI is InChI=1S/C19H21F5N8/c1-2-30(16-8-25-14-7-28-32(11-15(20)21)17(14)29-16)9-12-3-4-31(10-12)13-5-26-18(27-6-13)19(22,23)24/h5-8,12,15H,2-4,9-11H2,1H3. The van der Waals surface area contributed by atoms with Crippen molar-refractivity contribution in [3.8, 4) is 0 Å². The summed E-state index contributed by atoms with van der Waals surface area (Å²) in [5.74, 6) is -0.373. The first kappa shape index (κ1) is 22.1. The maximum absolute atomic E-state index is 12.8. The minimum Gasteiger partial charge on any atom is -0.369 e. The highest BCUT2D eigenvalue weighted by atomic mass is 19.4. The van der Waals surface area contributed by atoms with Crippen LogP contribution < -0.4 is 9.80 Å². The predicted molar refractivity (Wildman–Crippen MR) is 107 cm³/mol. The highest BCUT2D eigenvalue weighted by Crippen LogP contribution is 2.29. The summed E-state index contributed by atoms with van der Waals surface area (Å²) in [5, 5.41) is 3.93. The molecule has 0 radical (unpaired) electrons. The second kappa shape index (κ2) is 8.79. The summed E-state index contributed by atoms with van der Waals surface area (Å²) in [5.41, 5.74) is 1.29. The van der Waals surface area contributed by atoms with Gasteiger partial charge in [-0.15, -0.1) is 0 Å². The molecule has 4 heterocycles. The maximum Gasteiger partial charge on any atom is 0.451 e. The van der Waals surface area contributed by atoms with Gasteiger partial charge in [0.15, 0.2) is 5.65 Å². The molecule has 3 aromatic heterocycles. The smallest absolute Gasteiger partial charge is 0.369 e. The average molecular weight is 456 g/mol. The van der Waals surface area contributed by atoms with Crippen molar-refractivity contribution in [1.29, 1.82) is 0 Å². The molecule has 13 heteroatoms. The molecular formula is C19H21F5N8. The number of halogens is 5. The van der Waals surface area contributed by atoms with Crippen LogP contribution in [0.15, 0.2) is 24.8 Å². The van der Waals surface area contributed by atoms with Crippen LogP contribution in [0.3, 0.4) is 0 Å². The van der Waals surface area contributed by atoms with Crippen LogP contribution in [0.2, 0.25) is 0 Å². The van der Waals surface area contributed by atoms with E-state index in [4.69, 9.17) is 0 Å². The highest BCUT2D eigenvalue weighted by Gasteiger charge is 2.35. The minimum atomic E-state index is -4.57. The number of alkyl halides is 5. The van der Waals surface area contributed by atoms with Gasteiger partial charge in [-0.2, -0.15) is 18.3 Å². The van der Waals surface area contributed by atoms with Gasteiger partial charge >= 0.3 is 6.18 Å². The molecule has 0 aliphatic carbocycles. The second-order valence-electron chi connectivity index (χ2n) is 7.56. The van der Waals surface area contributed by atoms with Crippen molar-refractivity contribution in [3.63, 3.8) is 0 Å². The number of rotatable bonds is 7. The van der Waals surface area contributed by atoms with Gasteiger partial charge in [0, 0.05) is 26.2 Å². The van der Waals surface area contributed by atoms with Crippen molar-refractivity contribution in [1.82, 2.24) is 29.7 Å². The molecule has 1 unspecified atom stereocenters. The number of fused-ring (bicyclic) bond motifs is 1. The molecule has 1 atom stereocenters.